The number of benzene rings is 1. The Kier molecular flexibility index (Phi) is 6.80. The van der Waals surface area contributed by atoms with E-state index in [0.717, 1.165) is 0 Å². The summed E-state index contributed by atoms with van der Waals surface area (Å²) in [5, 5.41) is 24.7. The van der Waals surface area contributed by atoms with Crippen LogP contribution in [0.3, 0.4) is 0 Å². The molecule has 32 heavy (non-hydrogen) atoms. The molecule has 0 spiro atoms. The summed E-state index contributed by atoms with van der Waals surface area (Å²) in [6, 6.07) is 6.53. The van der Waals surface area contributed by atoms with E-state index in [-0.39, 0.29) is 25.9 Å². The van der Waals surface area contributed by atoms with Crippen molar-refractivity contribution in [1.82, 2.24) is 9.29 Å². The number of nitrogens with two attached hydrogens (primary N) is 1. The molecule has 3 N–H and O–H groups in total. The number of para-hydroxylation sites is 1. The number of piperidine rings is 1. The van der Waals surface area contributed by atoms with Crippen LogP contribution in [-0.2, 0) is 10.2 Å². The highest BCUT2D eigenvalue weighted by Gasteiger charge is 2.43. The molecule has 2 heterocycles. The molecule has 1 aromatic carbocycles. The zero-order chi connectivity index (χ0) is 23.7. The van der Waals surface area contributed by atoms with Gasteiger partial charge in [-0.15, -0.1) is 0 Å². The van der Waals surface area contributed by atoms with Crippen molar-refractivity contribution in [2.24, 2.45) is 5.14 Å². The maximum Gasteiger partial charge on any atom is 0.415 e. The third kappa shape index (κ3) is 4.88. The second kappa shape index (κ2) is 9.07. The summed E-state index contributed by atoms with van der Waals surface area (Å²) in [7, 11) is -2.99. The molecule has 3 rings (SSSR count). The molecule has 0 saturated carbocycles. The summed E-state index contributed by atoms with van der Waals surface area (Å²) in [6.07, 6.45) is -6.09. The molecule has 0 amide bonds. The Bertz CT molecular complexity index is 1130. The van der Waals surface area contributed by atoms with Gasteiger partial charge in [-0.05, 0) is 18.9 Å². The number of nitrogens with zero attached hydrogens (tertiary/aromatic N) is 4. The molecular weight excluding hydrogens is 451 g/mol. The molecule has 1 aliphatic heterocycles. The van der Waals surface area contributed by atoms with E-state index in [9.17, 15) is 32.0 Å². The number of anilines is 1. The predicted octanol–water partition coefficient (Wildman–Crippen LogP) is 1.51. The van der Waals surface area contributed by atoms with Crippen LogP contribution in [0.25, 0.3) is 10.9 Å². The molecule has 174 valence electrons. The first-order chi connectivity index (χ1) is 15.0. The van der Waals surface area contributed by atoms with Crippen molar-refractivity contribution >= 4 is 26.8 Å². The number of ether oxygens (including phenoxy) is 1. The molecule has 13 heteroatoms. The van der Waals surface area contributed by atoms with Crippen molar-refractivity contribution in [3.63, 3.8) is 0 Å². The number of rotatable bonds is 6. The van der Waals surface area contributed by atoms with Crippen LogP contribution in [0.5, 0.6) is 5.75 Å². The fourth-order valence-corrected chi connectivity index (χ4v) is 4.86. The molecule has 1 atom stereocenters. The van der Waals surface area contributed by atoms with Gasteiger partial charge in [0.05, 0.1) is 24.9 Å². The number of aliphatic hydroxyl groups excluding tert-OH is 1. The van der Waals surface area contributed by atoms with Crippen molar-refractivity contribution in [1.29, 1.82) is 5.26 Å². The van der Waals surface area contributed by atoms with Gasteiger partial charge in [-0.25, -0.2) is 5.14 Å². The molecule has 1 unspecified atom stereocenters. The van der Waals surface area contributed by atoms with Gasteiger partial charge in [0.25, 0.3) is 10.2 Å². The summed E-state index contributed by atoms with van der Waals surface area (Å²) in [5.74, 6) is 0.518. The molecule has 2 aromatic rings. The standard InChI is InChI=1S/C19H22F3N5O4S/c1-31-15-4-2-3-14-17(15)25-10-12(9-23)18(14)26-7-5-13(6-8-26)27(32(24,29)30)11-16(28)19(20,21)22/h2-4,10,13,16,28H,5-8,11H2,1H3,(H2,24,29,30). The van der Waals surface area contributed by atoms with Gasteiger partial charge in [0, 0.05) is 30.7 Å². The van der Waals surface area contributed by atoms with E-state index in [0.29, 0.717) is 32.2 Å². The van der Waals surface area contributed by atoms with E-state index in [1.165, 1.54) is 13.3 Å². The number of alkyl halides is 3. The van der Waals surface area contributed by atoms with Crippen LogP contribution in [0.1, 0.15) is 18.4 Å². The number of fused-ring (bicyclic) bond motifs is 1. The first-order valence-corrected chi connectivity index (χ1v) is 11.1. The fraction of sp³-hybridized carbons (Fsp3) is 0.474. The Morgan fingerprint density at radius 1 is 1.41 bits per heavy atom. The number of methoxy groups -OCH3 is 1. The van der Waals surface area contributed by atoms with Gasteiger partial charge in [-0.1, -0.05) is 12.1 Å². The number of pyridine rings is 1. The quantitative estimate of drug-likeness (QED) is 0.650. The number of nitriles is 1. The van der Waals surface area contributed by atoms with Gasteiger partial charge in [0.2, 0.25) is 0 Å². The van der Waals surface area contributed by atoms with Gasteiger partial charge in [-0.2, -0.15) is 31.2 Å². The van der Waals surface area contributed by atoms with Crippen LogP contribution >= 0.6 is 0 Å². The van der Waals surface area contributed by atoms with Crippen LogP contribution in [-0.4, -0.2) is 67.9 Å². The smallest absolute Gasteiger partial charge is 0.415 e. The first-order valence-electron chi connectivity index (χ1n) is 9.62. The normalized spacial score (nSPS) is 16.9. The third-order valence-corrected chi connectivity index (χ3v) is 6.52. The van der Waals surface area contributed by atoms with Gasteiger partial charge < -0.3 is 14.7 Å². The molecule has 1 fully saturated rings. The average molecular weight is 473 g/mol. The number of aliphatic hydroxyl groups is 1. The minimum Gasteiger partial charge on any atom is -0.494 e. The van der Waals surface area contributed by atoms with Crippen molar-refractivity contribution < 1.29 is 31.4 Å². The molecule has 9 nitrogen and oxygen atoms in total. The molecule has 0 radical (unpaired) electrons. The topological polar surface area (TPSA) is 133 Å². The van der Waals surface area contributed by atoms with Crippen molar-refractivity contribution in [3.05, 3.63) is 30.0 Å². The Morgan fingerprint density at radius 3 is 2.59 bits per heavy atom. The summed E-state index contributed by atoms with van der Waals surface area (Å²) in [6.45, 7) is -0.667. The van der Waals surface area contributed by atoms with E-state index >= 15 is 0 Å². The van der Waals surface area contributed by atoms with E-state index in [1.54, 1.807) is 18.2 Å². The maximum absolute atomic E-state index is 12.8. The van der Waals surface area contributed by atoms with Crippen LogP contribution in [0.15, 0.2) is 24.4 Å². The van der Waals surface area contributed by atoms with E-state index in [1.807, 2.05) is 4.90 Å². The molecule has 0 aliphatic carbocycles. The van der Waals surface area contributed by atoms with E-state index in [4.69, 9.17) is 9.88 Å². The molecular formula is C19H22F3N5O4S. The Morgan fingerprint density at radius 2 is 2.06 bits per heavy atom. The summed E-state index contributed by atoms with van der Waals surface area (Å²) >= 11 is 0. The van der Waals surface area contributed by atoms with Gasteiger partial charge >= 0.3 is 6.18 Å². The Balaban J connectivity index is 1.88. The predicted molar refractivity (Wildman–Crippen MR) is 110 cm³/mol. The number of halogens is 3. The van der Waals surface area contributed by atoms with E-state index < -0.39 is 35.1 Å². The monoisotopic (exact) mass is 473 g/mol. The highest BCUT2D eigenvalue weighted by atomic mass is 32.2. The lowest BCUT2D eigenvalue weighted by Crippen LogP contribution is -2.53. The number of aromatic nitrogens is 1. The van der Waals surface area contributed by atoms with Crippen molar-refractivity contribution in [3.8, 4) is 11.8 Å². The minimum absolute atomic E-state index is 0.152. The summed E-state index contributed by atoms with van der Waals surface area (Å²) in [5.41, 5.74) is 1.44. The lowest BCUT2D eigenvalue weighted by molar-refractivity contribution is -0.206. The van der Waals surface area contributed by atoms with Gasteiger partial charge in [0.15, 0.2) is 6.10 Å². The van der Waals surface area contributed by atoms with Crippen LogP contribution in [0.2, 0.25) is 0 Å². The van der Waals surface area contributed by atoms with Crippen LogP contribution < -0.4 is 14.8 Å². The van der Waals surface area contributed by atoms with Gasteiger partial charge in [0.1, 0.15) is 17.3 Å². The Hall–Kier alpha value is -2.66. The summed E-state index contributed by atoms with van der Waals surface area (Å²) in [4.78, 5) is 6.16. The fourth-order valence-electron chi connectivity index (χ4n) is 3.88. The lowest BCUT2D eigenvalue weighted by Gasteiger charge is -2.39. The van der Waals surface area contributed by atoms with Crippen LogP contribution in [0.4, 0.5) is 18.9 Å². The maximum atomic E-state index is 12.8. The largest absolute Gasteiger partial charge is 0.494 e. The molecule has 1 aliphatic rings. The van der Waals surface area contributed by atoms with Crippen molar-refractivity contribution in [2.75, 3.05) is 31.6 Å². The highest BCUT2D eigenvalue weighted by Crippen LogP contribution is 2.36. The van der Waals surface area contributed by atoms with Gasteiger partial charge in [-0.3, -0.25) is 4.98 Å². The van der Waals surface area contributed by atoms with Crippen LogP contribution in [0, 0.1) is 11.3 Å². The Labute approximate surface area is 183 Å². The minimum atomic E-state index is -4.97. The first kappa shape index (κ1) is 24.0. The second-order valence-electron chi connectivity index (χ2n) is 7.38. The molecule has 1 saturated heterocycles. The third-order valence-electron chi connectivity index (χ3n) is 5.42. The zero-order valence-corrected chi connectivity index (χ0v) is 17.9. The second-order valence-corrected chi connectivity index (χ2v) is 8.88. The van der Waals surface area contributed by atoms with E-state index in [2.05, 4.69) is 11.1 Å². The molecule has 1 aromatic heterocycles. The zero-order valence-electron chi connectivity index (χ0n) is 17.1. The average Bonchev–Trinajstić information content (AvgIpc) is 2.74. The summed E-state index contributed by atoms with van der Waals surface area (Å²) < 4.78 is 68.0. The number of hydrogen-bond donors (Lipinski definition) is 2. The molecule has 0 bridgehead atoms. The lowest BCUT2D eigenvalue weighted by atomic mass is 10.0. The number of hydrogen-bond acceptors (Lipinski definition) is 7. The SMILES string of the molecule is COc1cccc2c(N3CCC(N(CC(O)C(F)(F)F)S(N)(=O)=O)CC3)c(C#N)cnc12. The van der Waals surface area contributed by atoms with Crippen molar-refractivity contribution in [2.45, 2.75) is 31.2 Å². The highest BCUT2D eigenvalue weighted by molar-refractivity contribution is 7.86.